The maximum Gasteiger partial charge on any atom is 0.357 e. The van der Waals surface area contributed by atoms with Crippen LogP contribution in [0.5, 0.6) is 0 Å². The second-order valence-corrected chi connectivity index (χ2v) is 7.87. The maximum absolute atomic E-state index is 12.6. The third-order valence-electron chi connectivity index (χ3n) is 5.51. The molecule has 0 aliphatic carbocycles. The van der Waals surface area contributed by atoms with E-state index in [4.69, 9.17) is 9.15 Å². The van der Waals surface area contributed by atoms with Crippen molar-refractivity contribution < 1.29 is 18.7 Å². The Morgan fingerprint density at radius 1 is 0.861 bits per heavy atom. The zero-order chi connectivity index (χ0) is 24.9. The molecule has 0 spiro atoms. The average molecular weight is 473 g/mol. The van der Waals surface area contributed by atoms with Crippen LogP contribution in [-0.4, -0.2) is 23.5 Å². The number of benzene rings is 3. The summed E-state index contributed by atoms with van der Waals surface area (Å²) in [5.74, 6) is -0.939. The molecule has 0 radical (unpaired) electrons. The Labute approximate surface area is 206 Å². The van der Waals surface area contributed by atoms with E-state index in [1.165, 1.54) is 0 Å². The van der Waals surface area contributed by atoms with Gasteiger partial charge in [0.2, 0.25) is 5.88 Å². The molecule has 5 aromatic rings. The van der Waals surface area contributed by atoms with Crippen molar-refractivity contribution in [3.05, 3.63) is 108 Å². The van der Waals surface area contributed by atoms with Gasteiger partial charge in [0.05, 0.1) is 5.52 Å². The highest BCUT2D eigenvalue weighted by atomic mass is 16.5. The van der Waals surface area contributed by atoms with Gasteiger partial charge in [0.25, 0.3) is 5.91 Å². The molecule has 36 heavy (non-hydrogen) atoms. The molecular formula is C29H19N3O4. The third kappa shape index (κ3) is 4.56. The lowest BCUT2D eigenvalue weighted by Gasteiger charge is -2.06. The molecule has 7 heteroatoms. The minimum Gasteiger partial charge on any atom is -0.451 e. The number of rotatable bonds is 6. The van der Waals surface area contributed by atoms with Crippen LogP contribution in [0.25, 0.3) is 33.4 Å². The van der Waals surface area contributed by atoms with Gasteiger partial charge in [-0.2, -0.15) is 5.26 Å². The number of para-hydroxylation sites is 1. The van der Waals surface area contributed by atoms with Gasteiger partial charge < -0.3 is 9.15 Å². The fourth-order valence-electron chi connectivity index (χ4n) is 3.85. The largest absolute Gasteiger partial charge is 0.451 e. The number of pyridine rings is 1. The van der Waals surface area contributed by atoms with Crippen molar-refractivity contribution in [3.8, 4) is 28.5 Å². The van der Waals surface area contributed by atoms with E-state index in [1.54, 1.807) is 18.2 Å². The van der Waals surface area contributed by atoms with Gasteiger partial charge in [0.15, 0.2) is 6.61 Å². The van der Waals surface area contributed by atoms with Crippen LogP contribution in [-0.2, 0) is 9.53 Å². The highest BCUT2D eigenvalue weighted by Crippen LogP contribution is 2.41. The van der Waals surface area contributed by atoms with Crippen LogP contribution in [0.4, 0.5) is 5.88 Å². The fourth-order valence-corrected chi connectivity index (χ4v) is 3.85. The Hall–Kier alpha value is -5.22. The number of ether oxygens (including phenoxy) is 1. The minimum atomic E-state index is -0.731. The van der Waals surface area contributed by atoms with E-state index in [-0.39, 0.29) is 17.1 Å². The van der Waals surface area contributed by atoms with Gasteiger partial charge >= 0.3 is 5.97 Å². The molecule has 7 nitrogen and oxygen atoms in total. The average Bonchev–Trinajstić information content (AvgIpc) is 3.30. The normalized spacial score (nSPS) is 10.5. The summed E-state index contributed by atoms with van der Waals surface area (Å²) in [5, 5.41) is 13.4. The number of aromatic nitrogens is 1. The summed E-state index contributed by atoms with van der Waals surface area (Å²) in [5.41, 5.74) is 3.00. The van der Waals surface area contributed by atoms with Crippen molar-refractivity contribution in [1.82, 2.24) is 4.98 Å². The number of amides is 1. The molecule has 2 heterocycles. The number of nitrogens with one attached hydrogen (secondary N) is 1. The number of carbonyl (C=O) groups excluding carboxylic acids is 2. The Bertz CT molecular complexity index is 1600. The molecule has 0 atom stereocenters. The summed E-state index contributed by atoms with van der Waals surface area (Å²) < 4.78 is 11.1. The van der Waals surface area contributed by atoms with Crippen molar-refractivity contribution in [3.63, 3.8) is 0 Å². The summed E-state index contributed by atoms with van der Waals surface area (Å²) >= 11 is 0. The first-order chi connectivity index (χ1) is 17.6. The van der Waals surface area contributed by atoms with Gasteiger partial charge in [0, 0.05) is 16.5 Å². The molecular weight excluding hydrogens is 454 g/mol. The van der Waals surface area contributed by atoms with Gasteiger partial charge in [-0.15, -0.1) is 0 Å². The summed E-state index contributed by atoms with van der Waals surface area (Å²) in [6, 6.07) is 31.4. The van der Waals surface area contributed by atoms with Gasteiger partial charge in [-0.1, -0.05) is 84.9 Å². The quantitative estimate of drug-likeness (QED) is 0.311. The molecule has 0 saturated carbocycles. The predicted molar refractivity (Wildman–Crippen MR) is 135 cm³/mol. The molecule has 1 amide bonds. The van der Waals surface area contributed by atoms with Crippen molar-refractivity contribution in [2.45, 2.75) is 0 Å². The Morgan fingerprint density at radius 2 is 1.53 bits per heavy atom. The number of nitriles is 1. The van der Waals surface area contributed by atoms with E-state index in [0.717, 1.165) is 16.5 Å². The monoisotopic (exact) mass is 473 g/mol. The number of carbonyl (C=O) groups is 2. The molecule has 0 bridgehead atoms. The smallest absolute Gasteiger partial charge is 0.357 e. The molecule has 5 rings (SSSR count). The molecule has 0 saturated heterocycles. The molecule has 2 aromatic heterocycles. The summed E-state index contributed by atoms with van der Waals surface area (Å²) in [4.78, 5) is 29.4. The van der Waals surface area contributed by atoms with Crippen LogP contribution in [0, 0.1) is 11.3 Å². The van der Waals surface area contributed by atoms with Crippen molar-refractivity contribution in [2.75, 3.05) is 11.9 Å². The third-order valence-corrected chi connectivity index (χ3v) is 5.51. The Kier molecular flexibility index (Phi) is 6.24. The topological polar surface area (TPSA) is 105 Å². The Balaban J connectivity index is 1.38. The fraction of sp³-hybridized carbons (Fsp3) is 0.0345. The molecule has 0 fully saturated rings. The first-order valence-electron chi connectivity index (χ1n) is 11.1. The number of nitrogens with zero attached hydrogens (tertiary/aromatic N) is 2. The van der Waals surface area contributed by atoms with E-state index in [9.17, 15) is 14.9 Å². The zero-order valence-corrected chi connectivity index (χ0v) is 19.0. The van der Waals surface area contributed by atoms with Crippen LogP contribution < -0.4 is 5.32 Å². The minimum absolute atomic E-state index is 0.0138. The summed E-state index contributed by atoms with van der Waals surface area (Å²) in [6.45, 7) is -0.569. The summed E-state index contributed by atoms with van der Waals surface area (Å²) in [7, 11) is 0. The van der Waals surface area contributed by atoms with Crippen LogP contribution in [0.2, 0.25) is 0 Å². The van der Waals surface area contributed by atoms with Gasteiger partial charge in [0.1, 0.15) is 23.1 Å². The molecule has 3 aromatic carbocycles. The van der Waals surface area contributed by atoms with Gasteiger partial charge in [-0.25, -0.2) is 9.78 Å². The van der Waals surface area contributed by atoms with Crippen LogP contribution in [0.3, 0.4) is 0 Å². The number of esters is 1. The first-order valence-corrected chi connectivity index (χ1v) is 11.1. The lowest BCUT2D eigenvalue weighted by molar-refractivity contribution is -0.119. The van der Waals surface area contributed by atoms with Gasteiger partial charge in [-0.3, -0.25) is 10.1 Å². The number of furan rings is 1. The molecule has 0 unspecified atom stereocenters. The highest BCUT2D eigenvalue weighted by molar-refractivity contribution is 5.98. The van der Waals surface area contributed by atoms with Crippen molar-refractivity contribution in [2.24, 2.45) is 0 Å². The van der Waals surface area contributed by atoms with Crippen LogP contribution >= 0.6 is 0 Å². The standard InChI is InChI=1S/C29H19N3O4/c30-17-22-26(20-10-3-1-4-11-20)27(21-12-5-2-6-13-21)36-28(22)32-25(33)18-35-29(34)24-16-15-19-9-7-8-14-23(19)31-24/h1-16H,18H2,(H,32,33). The SMILES string of the molecule is N#Cc1c(NC(=O)COC(=O)c2ccc3ccccc3n2)oc(-c2ccccc2)c1-c1ccccc1. The predicted octanol–water partition coefficient (Wildman–Crippen LogP) is 5.83. The van der Waals surface area contributed by atoms with E-state index >= 15 is 0 Å². The first kappa shape index (κ1) is 22.6. The lowest BCUT2D eigenvalue weighted by Crippen LogP contribution is -2.21. The van der Waals surface area contributed by atoms with Crippen molar-refractivity contribution in [1.29, 1.82) is 5.26 Å². The Morgan fingerprint density at radius 3 is 2.25 bits per heavy atom. The highest BCUT2D eigenvalue weighted by Gasteiger charge is 2.24. The van der Waals surface area contributed by atoms with E-state index < -0.39 is 18.5 Å². The number of fused-ring (bicyclic) bond motifs is 1. The molecule has 0 aliphatic heterocycles. The van der Waals surface area contributed by atoms with Crippen LogP contribution in [0.15, 0.2) is 101 Å². The number of anilines is 1. The zero-order valence-electron chi connectivity index (χ0n) is 19.0. The molecule has 174 valence electrons. The van der Waals surface area contributed by atoms with Crippen LogP contribution in [0.1, 0.15) is 16.1 Å². The number of hydrogen-bond acceptors (Lipinski definition) is 6. The van der Waals surface area contributed by atoms with Crippen molar-refractivity contribution >= 4 is 28.7 Å². The number of hydrogen-bond donors (Lipinski definition) is 1. The molecule has 0 aliphatic rings. The van der Waals surface area contributed by atoms with E-state index in [0.29, 0.717) is 16.8 Å². The second kappa shape index (κ2) is 9.95. The summed E-state index contributed by atoms with van der Waals surface area (Å²) in [6.07, 6.45) is 0. The maximum atomic E-state index is 12.6. The molecule has 1 N–H and O–H groups in total. The van der Waals surface area contributed by atoms with E-state index in [1.807, 2.05) is 78.9 Å². The van der Waals surface area contributed by atoms with E-state index in [2.05, 4.69) is 16.4 Å². The lowest BCUT2D eigenvalue weighted by atomic mass is 9.98. The van der Waals surface area contributed by atoms with Gasteiger partial charge in [-0.05, 0) is 17.7 Å². The second-order valence-electron chi connectivity index (χ2n) is 7.87.